The van der Waals surface area contributed by atoms with Crippen molar-refractivity contribution in [2.45, 2.75) is 42.6 Å². The molecular formula is C23H29FN4O5S. The SMILES string of the molecule is COC[C@H]1C[C@@H]2[C@](c3cc(OCC45CCC4C(C#N)C5)ccc3F)(CO1)N=C(N)N(C)S2(=O)=O. The molecule has 0 spiro atoms. The van der Waals surface area contributed by atoms with Crippen molar-refractivity contribution in [1.82, 2.24) is 4.31 Å². The number of hydrogen-bond acceptors (Lipinski definition) is 8. The molecule has 0 amide bonds. The van der Waals surface area contributed by atoms with Crippen LogP contribution in [0.25, 0.3) is 0 Å². The van der Waals surface area contributed by atoms with Crippen LogP contribution in [0.3, 0.4) is 0 Å². The molecule has 2 N–H and O–H groups in total. The smallest absolute Gasteiger partial charge is 0.243 e. The molecule has 1 aromatic carbocycles. The van der Waals surface area contributed by atoms with Gasteiger partial charge in [-0.25, -0.2) is 22.1 Å². The molecule has 1 saturated heterocycles. The molecule has 2 aliphatic carbocycles. The molecule has 2 saturated carbocycles. The Hall–Kier alpha value is -2.42. The summed E-state index contributed by atoms with van der Waals surface area (Å²) in [4.78, 5) is 4.50. The van der Waals surface area contributed by atoms with E-state index in [-0.39, 0.29) is 42.5 Å². The first-order valence-corrected chi connectivity index (χ1v) is 12.9. The van der Waals surface area contributed by atoms with Gasteiger partial charge in [-0.3, -0.25) is 0 Å². The van der Waals surface area contributed by atoms with Crippen molar-refractivity contribution in [3.63, 3.8) is 0 Å². The van der Waals surface area contributed by atoms with Crippen LogP contribution in [0.15, 0.2) is 23.2 Å². The maximum Gasteiger partial charge on any atom is 0.243 e. The summed E-state index contributed by atoms with van der Waals surface area (Å²) in [5.41, 5.74) is 4.54. The first-order valence-electron chi connectivity index (χ1n) is 11.4. The highest BCUT2D eigenvalue weighted by molar-refractivity contribution is 7.90. The minimum Gasteiger partial charge on any atom is -0.493 e. The van der Waals surface area contributed by atoms with Crippen LogP contribution in [0.5, 0.6) is 5.75 Å². The Balaban J connectivity index is 1.48. The number of nitrogens with zero attached hydrogens (tertiary/aromatic N) is 3. The van der Waals surface area contributed by atoms with E-state index in [9.17, 15) is 13.7 Å². The van der Waals surface area contributed by atoms with Crippen LogP contribution in [-0.4, -0.2) is 64.0 Å². The van der Waals surface area contributed by atoms with Crippen LogP contribution in [0, 0.1) is 34.4 Å². The van der Waals surface area contributed by atoms with Crippen molar-refractivity contribution < 1.29 is 27.0 Å². The van der Waals surface area contributed by atoms with Gasteiger partial charge in [0, 0.05) is 25.1 Å². The van der Waals surface area contributed by atoms with Gasteiger partial charge in [0.15, 0.2) is 0 Å². The van der Waals surface area contributed by atoms with E-state index in [1.165, 1.54) is 32.4 Å². The Kier molecular flexibility index (Phi) is 5.54. The lowest BCUT2D eigenvalue weighted by molar-refractivity contribution is -0.135. The Morgan fingerprint density at radius 1 is 1.44 bits per heavy atom. The molecule has 0 bridgehead atoms. The quantitative estimate of drug-likeness (QED) is 0.641. The fraction of sp³-hybridized carbons (Fsp3) is 0.652. The summed E-state index contributed by atoms with van der Waals surface area (Å²) in [7, 11) is -1.08. The zero-order valence-electron chi connectivity index (χ0n) is 19.2. The van der Waals surface area contributed by atoms with Crippen molar-refractivity contribution in [2.75, 3.05) is 34.0 Å². The summed E-state index contributed by atoms with van der Waals surface area (Å²) < 4.78 is 60.1. The molecule has 184 valence electrons. The van der Waals surface area contributed by atoms with Crippen molar-refractivity contribution in [2.24, 2.45) is 28.0 Å². The minimum absolute atomic E-state index is 0.0105. The molecule has 2 heterocycles. The number of nitrogens with two attached hydrogens (primary N) is 1. The highest BCUT2D eigenvalue weighted by Crippen LogP contribution is 2.64. The van der Waals surface area contributed by atoms with Gasteiger partial charge in [-0.15, -0.1) is 0 Å². The van der Waals surface area contributed by atoms with Gasteiger partial charge in [-0.2, -0.15) is 5.26 Å². The summed E-state index contributed by atoms with van der Waals surface area (Å²) in [6.45, 7) is 0.496. The topological polar surface area (TPSA) is 127 Å². The van der Waals surface area contributed by atoms with Crippen molar-refractivity contribution in [3.05, 3.63) is 29.6 Å². The van der Waals surface area contributed by atoms with Crippen molar-refractivity contribution in [1.29, 1.82) is 5.26 Å². The van der Waals surface area contributed by atoms with Crippen LogP contribution in [0.1, 0.15) is 31.2 Å². The van der Waals surface area contributed by atoms with Gasteiger partial charge in [0.2, 0.25) is 16.0 Å². The number of benzene rings is 1. The molecule has 1 aromatic rings. The zero-order valence-corrected chi connectivity index (χ0v) is 20.1. The van der Waals surface area contributed by atoms with Gasteiger partial charge in [0.05, 0.1) is 37.9 Å². The predicted octanol–water partition coefficient (Wildman–Crippen LogP) is 1.73. The van der Waals surface area contributed by atoms with E-state index in [4.69, 9.17) is 19.9 Å². The Morgan fingerprint density at radius 2 is 2.24 bits per heavy atom. The Morgan fingerprint density at radius 3 is 2.88 bits per heavy atom. The average Bonchev–Trinajstić information content (AvgIpc) is 2.80. The van der Waals surface area contributed by atoms with E-state index in [1.807, 2.05) is 0 Å². The normalized spacial score (nSPS) is 37.8. The molecular weight excluding hydrogens is 463 g/mol. The first kappa shape index (κ1) is 23.3. The second-order valence-corrected chi connectivity index (χ2v) is 12.0. The molecule has 3 fully saturated rings. The van der Waals surface area contributed by atoms with Crippen LogP contribution < -0.4 is 10.5 Å². The third-order valence-corrected chi connectivity index (χ3v) is 10.5. The fourth-order valence-corrected chi connectivity index (χ4v) is 7.95. The number of methoxy groups -OCH3 is 1. The zero-order chi connectivity index (χ0) is 24.3. The largest absolute Gasteiger partial charge is 0.493 e. The summed E-state index contributed by atoms with van der Waals surface area (Å²) >= 11 is 0. The van der Waals surface area contributed by atoms with Crippen LogP contribution >= 0.6 is 0 Å². The summed E-state index contributed by atoms with van der Waals surface area (Å²) in [5, 5.41) is 8.16. The first-order chi connectivity index (χ1) is 16.2. The average molecular weight is 493 g/mol. The third kappa shape index (κ3) is 3.30. The van der Waals surface area contributed by atoms with E-state index in [1.54, 1.807) is 0 Å². The van der Waals surface area contributed by atoms with Gasteiger partial charge in [-0.05, 0) is 49.8 Å². The van der Waals surface area contributed by atoms with Crippen LogP contribution in [0.4, 0.5) is 4.39 Å². The molecule has 9 nitrogen and oxygen atoms in total. The summed E-state index contributed by atoms with van der Waals surface area (Å²) in [5.74, 6) is 0.0450. The standard InChI is InChI=1S/C23H29FN4O5S/c1-28-21(26)27-23(13-33-16(11-31-2)8-20(23)34(28,29)30)18-7-15(3-4-19(18)24)32-12-22-6-5-17(22)14(9-22)10-25/h3-4,7,14,16-17,20H,5-6,8-9,11-13H2,1-2H3,(H2,26,27)/t14?,16-,17?,20-,22?,23-/m1/s1. The lowest BCUT2D eigenvalue weighted by atomic mass is 9.43. The van der Waals surface area contributed by atoms with Crippen LogP contribution in [-0.2, 0) is 25.0 Å². The van der Waals surface area contributed by atoms with E-state index < -0.39 is 32.7 Å². The number of nitriles is 1. The number of guanidine groups is 1. The van der Waals surface area contributed by atoms with Gasteiger partial charge in [-0.1, -0.05) is 0 Å². The molecule has 34 heavy (non-hydrogen) atoms. The monoisotopic (exact) mass is 492 g/mol. The third-order valence-electron chi connectivity index (χ3n) is 8.23. The maximum absolute atomic E-state index is 15.3. The predicted molar refractivity (Wildman–Crippen MR) is 121 cm³/mol. The number of ether oxygens (including phenoxy) is 3. The molecule has 6 atom stereocenters. The number of sulfonamides is 1. The highest BCUT2D eigenvalue weighted by Gasteiger charge is 2.61. The Bertz CT molecular complexity index is 1170. The summed E-state index contributed by atoms with van der Waals surface area (Å²) in [6, 6.07) is 6.67. The van der Waals surface area contributed by atoms with Crippen LogP contribution in [0.2, 0.25) is 0 Å². The number of hydrogen-bond donors (Lipinski definition) is 1. The molecule has 3 unspecified atom stereocenters. The molecule has 2 aliphatic heterocycles. The van der Waals surface area contributed by atoms with E-state index in [0.29, 0.717) is 18.3 Å². The number of fused-ring (bicyclic) bond motifs is 2. The molecule has 0 radical (unpaired) electrons. The minimum atomic E-state index is -3.93. The fourth-order valence-electron chi connectivity index (χ4n) is 6.07. The highest BCUT2D eigenvalue weighted by atomic mass is 32.2. The maximum atomic E-state index is 15.3. The van der Waals surface area contributed by atoms with E-state index in [2.05, 4.69) is 11.1 Å². The number of aliphatic imine (C=N–C) groups is 1. The lowest BCUT2D eigenvalue weighted by Gasteiger charge is -2.60. The van der Waals surface area contributed by atoms with Gasteiger partial charge < -0.3 is 19.9 Å². The van der Waals surface area contributed by atoms with Gasteiger partial charge >= 0.3 is 0 Å². The van der Waals surface area contributed by atoms with E-state index in [0.717, 1.165) is 23.6 Å². The molecule has 11 heteroatoms. The van der Waals surface area contributed by atoms with E-state index >= 15 is 4.39 Å². The van der Waals surface area contributed by atoms with Gasteiger partial charge in [0.1, 0.15) is 22.4 Å². The van der Waals surface area contributed by atoms with Crippen molar-refractivity contribution >= 4 is 16.0 Å². The lowest BCUT2D eigenvalue weighted by Crippen LogP contribution is -2.62. The molecule has 4 aliphatic rings. The summed E-state index contributed by atoms with van der Waals surface area (Å²) in [6.07, 6.45) is 2.47. The number of halogens is 1. The molecule has 0 aromatic heterocycles. The van der Waals surface area contributed by atoms with Crippen molar-refractivity contribution in [3.8, 4) is 11.8 Å². The van der Waals surface area contributed by atoms with Gasteiger partial charge in [0.25, 0.3) is 0 Å². The number of rotatable bonds is 6. The second-order valence-electron chi connectivity index (χ2n) is 9.90. The second kappa shape index (κ2) is 8.07. The Labute approximate surface area is 198 Å². The molecule has 5 rings (SSSR count).